The number of aromatic nitrogens is 2. The molecule has 1 heterocycles. The van der Waals surface area contributed by atoms with Crippen LogP contribution in [0.4, 0.5) is 0 Å². The van der Waals surface area contributed by atoms with Crippen LogP contribution in [0.15, 0.2) is 4.52 Å². The Labute approximate surface area is 124 Å². The summed E-state index contributed by atoms with van der Waals surface area (Å²) in [6, 6.07) is 0. The van der Waals surface area contributed by atoms with E-state index < -0.39 is 5.92 Å². The predicted molar refractivity (Wildman–Crippen MR) is 79.6 cm³/mol. The fourth-order valence-corrected chi connectivity index (χ4v) is 2.32. The standard InChI is InChI=1S/C14H24N2O3S/c1-6-18-14(17)11(7-9(2)3)13-15-12(16-19-13)8-20-10(4)5/h9-11H,6-8H2,1-5H3. The molecular formula is C14H24N2O3S. The van der Waals surface area contributed by atoms with Crippen LogP contribution in [0, 0.1) is 5.92 Å². The van der Waals surface area contributed by atoms with E-state index in [0.717, 1.165) is 0 Å². The number of carbonyl (C=O) groups excluding carboxylic acids is 1. The molecule has 1 aromatic heterocycles. The summed E-state index contributed by atoms with van der Waals surface area (Å²) in [5.74, 6) is 1.31. The number of carbonyl (C=O) groups is 1. The zero-order chi connectivity index (χ0) is 15.1. The van der Waals surface area contributed by atoms with Crippen molar-refractivity contribution in [1.29, 1.82) is 0 Å². The second kappa shape index (κ2) is 8.29. The van der Waals surface area contributed by atoms with E-state index in [4.69, 9.17) is 9.26 Å². The van der Waals surface area contributed by atoms with Crippen molar-refractivity contribution in [2.24, 2.45) is 5.92 Å². The van der Waals surface area contributed by atoms with Crippen LogP contribution in [-0.4, -0.2) is 28.0 Å². The number of thioether (sulfide) groups is 1. The molecule has 0 N–H and O–H groups in total. The van der Waals surface area contributed by atoms with Gasteiger partial charge in [0, 0.05) is 0 Å². The normalized spacial score (nSPS) is 12.9. The molecule has 1 unspecified atom stereocenters. The van der Waals surface area contributed by atoms with Crippen molar-refractivity contribution in [3.05, 3.63) is 11.7 Å². The molecule has 1 atom stereocenters. The largest absolute Gasteiger partial charge is 0.465 e. The lowest BCUT2D eigenvalue weighted by molar-refractivity contribution is -0.146. The molecule has 0 amide bonds. The summed E-state index contributed by atoms with van der Waals surface area (Å²) in [6.45, 7) is 10.5. The first-order valence-corrected chi connectivity index (χ1v) is 8.09. The third-order valence-corrected chi connectivity index (χ3v) is 3.70. The highest BCUT2D eigenvalue weighted by molar-refractivity contribution is 7.99. The van der Waals surface area contributed by atoms with Gasteiger partial charge in [-0.1, -0.05) is 32.9 Å². The summed E-state index contributed by atoms with van der Waals surface area (Å²) in [5, 5.41) is 4.45. The smallest absolute Gasteiger partial charge is 0.318 e. The minimum absolute atomic E-state index is 0.284. The minimum atomic E-state index is -0.458. The van der Waals surface area contributed by atoms with Crippen molar-refractivity contribution in [1.82, 2.24) is 10.1 Å². The Morgan fingerprint density at radius 1 is 1.35 bits per heavy atom. The van der Waals surface area contributed by atoms with Crippen LogP contribution in [0.1, 0.15) is 58.7 Å². The average molecular weight is 300 g/mol. The van der Waals surface area contributed by atoms with Crippen molar-refractivity contribution in [3.63, 3.8) is 0 Å². The summed E-state index contributed by atoms with van der Waals surface area (Å²) >= 11 is 1.74. The SMILES string of the molecule is CCOC(=O)C(CC(C)C)c1nc(CSC(C)C)no1. The zero-order valence-electron chi connectivity index (χ0n) is 12.9. The van der Waals surface area contributed by atoms with Gasteiger partial charge in [-0.3, -0.25) is 4.79 Å². The van der Waals surface area contributed by atoms with Crippen LogP contribution in [0.2, 0.25) is 0 Å². The van der Waals surface area contributed by atoms with E-state index in [1.165, 1.54) is 0 Å². The highest BCUT2D eigenvalue weighted by atomic mass is 32.2. The van der Waals surface area contributed by atoms with Gasteiger partial charge < -0.3 is 9.26 Å². The van der Waals surface area contributed by atoms with Crippen LogP contribution >= 0.6 is 11.8 Å². The maximum Gasteiger partial charge on any atom is 0.318 e. The van der Waals surface area contributed by atoms with E-state index in [1.807, 2.05) is 0 Å². The molecule has 114 valence electrons. The monoisotopic (exact) mass is 300 g/mol. The third-order valence-electron chi connectivity index (χ3n) is 2.61. The zero-order valence-corrected chi connectivity index (χ0v) is 13.7. The quantitative estimate of drug-likeness (QED) is 0.685. The second-order valence-corrected chi connectivity index (χ2v) is 6.91. The highest BCUT2D eigenvalue weighted by Gasteiger charge is 2.28. The van der Waals surface area contributed by atoms with E-state index >= 15 is 0 Å². The van der Waals surface area contributed by atoms with Crippen LogP contribution in [0.25, 0.3) is 0 Å². The fraction of sp³-hybridized carbons (Fsp3) is 0.786. The van der Waals surface area contributed by atoms with Gasteiger partial charge in [0.15, 0.2) is 5.82 Å². The fourth-order valence-electron chi connectivity index (χ4n) is 1.72. The van der Waals surface area contributed by atoms with E-state index in [-0.39, 0.29) is 5.97 Å². The topological polar surface area (TPSA) is 65.2 Å². The first-order valence-electron chi connectivity index (χ1n) is 7.04. The average Bonchev–Trinajstić information content (AvgIpc) is 2.82. The molecule has 0 spiro atoms. The second-order valence-electron chi connectivity index (χ2n) is 5.34. The molecule has 5 nitrogen and oxygen atoms in total. The lowest BCUT2D eigenvalue weighted by Crippen LogP contribution is -2.18. The van der Waals surface area contributed by atoms with Gasteiger partial charge in [0.1, 0.15) is 5.92 Å². The Bertz CT molecular complexity index is 418. The molecule has 0 saturated heterocycles. The summed E-state index contributed by atoms with van der Waals surface area (Å²) in [6.07, 6.45) is 0.651. The molecule has 1 rings (SSSR count). The molecule has 0 radical (unpaired) electrons. The summed E-state index contributed by atoms with van der Waals surface area (Å²) in [5.41, 5.74) is 0. The molecule has 20 heavy (non-hydrogen) atoms. The van der Waals surface area contributed by atoms with Gasteiger partial charge in [-0.25, -0.2) is 0 Å². The lowest BCUT2D eigenvalue weighted by atomic mass is 9.97. The van der Waals surface area contributed by atoms with E-state index in [2.05, 4.69) is 37.8 Å². The Kier molecular flexibility index (Phi) is 7.05. The van der Waals surface area contributed by atoms with Crippen LogP contribution < -0.4 is 0 Å². The van der Waals surface area contributed by atoms with Gasteiger partial charge in [-0.05, 0) is 24.5 Å². The Morgan fingerprint density at radius 3 is 2.60 bits per heavy atom. The molecular weight excluding hydrogens is 276 g/mol. The molecule has 0 aromatic carbocycles. The molecule has 0 bridgehead atoms. The van der Waals surface area contributed by atoms with E-state index in [1.54, 1.807) is 18.7 Å². The van der Waals surface area contributed by atoms with Crippen molar-refractivity contribution in [2.75, 3.05) is 6.61 Å². The number of rotatable bonds is 8. The van der Waals surface area contributed by atoms with Crippen LogP contribution in [0.5, 0.6) is 0 Å². The number of nitrogens with zero attached hydrogens (tertiary/aromatic N) is 2. The number of ether oxygens (including phenoxy) is 1. The molecule has 1 aromatic rings. The van der Waals surface area contributed by atoms with Crippen LogP contribution in [0.3, 0.4) is 0 Å². The molecule has 0 fully saturated rings. The maximum atomic E-state index is 12.0. The van der Waals surface area contributed by atoms with Crippen molar-refractivity contribution in [3.8, 4) is 0 Å². The van der Waals surface area contributed by atoms with Crippen molar-refractivity contribution in [2.45, 2.75) is 58.0 Å². The lowest BCUT2D eigenvalue weighted by Gasteiger charge is -2.13. The third kappa shape index (κ3) is 5.53. The van der Waals surface area contributed by atoms with Gasteiger partial charge in [0.05, 0.1) is 12.4 Å². The Balaban J connectivity index is 2.77. The first-order chi connectivity index (χ1) is 9.43. The molecule has 6 heteroatoms. The summed E-state index contributed by atoms with van der Waals surface area (Å²) < 4.78 is 10.3. The molecule has 0 aliphatic carbocycles. The minimum Gasteiger partial charge on any atom is -0.465 e. The van der Waals surface area contributed by atoms with Crippen molar-refractivity contribution < 1.29 is 14.1 Å². The maximum absolute atomic E-state index is 12.0. The van der Waals surface area contributed by atoms with Crippen LogP contribution in [-0.2, 0) is 15.3 Å². The van der Waals surface area contributed by atoms with E-state index in [0.29, 0.717) is 41.7 Å². The van der Waals surface area contributed by atoms with Crippen molar-refractivity contribution >= 4 is 17.7 Å². The summed E-state index contributed by atoms with van der Waals surface area (Å²) in [4.78, 5) is 16.3. The Morgan fingerprint density at radius 2 is 2.05 bits per heavy atom. The molecule has 0 aliphatic rings. The predicted octanol–water partition coefficient (Wildman–Crippen LogP) is 3.40. The van der Waals surface area contributed by atoms with E-state index in [9.17, 15) is 4.79 Å². The van der Waals surface area contributed by atoms with Gasteiger partial charge in [0.2, 0.25) is 5.89 Å². The Hall–Kier alpha value is -1.04. The van der Waals surface area contributed by atoms with Gasteiger partial charge >= 0.3 is 5.97 Å². The number of hydrogen-bond donors (Lipinski definition) is 0. The molecule has 0 saturated carbocycles. The summed E-state index contributed by atoms with van der Waals surface area (Å²) in [7, 11) is 0. The van der Waals surface area contributed by atoms with Gasteiger partial charge in [0.25, 0.3) is 0 Å². The van der Waals surface area contributed by atoms with Gasteiger partial charge in [-0.2, -0.15) is 16.7 Å². The van der Waals surface area contributed by atoms with Gasteiger partial charge in [-0.15, -0.1) is 0 Å². The molecule has 0 aliphatic heterocycles. The highest BCUT2D eigenvalue weighted by Crippen LogP contribution is 2.25. The number of esters is 1. The first kappa shape index (κ1) is 17.0. The number of hydrogen-bond acceptors (Lipinski definition) is 6.